The van der Waals surface area contributed by atoms with Crippen LogP contribution in [0.25, 0.3) is 0 Å². The van der Waals surface area contributed by atoms with Gasteiger partial charge in [0.25, 0.3) is 0 Å². The number of benzene rings is 1. The van der Waals surface area contributed by atoms with E-state index in [9.17, 15) is 13.2 Å². The van der Waals surface area contributed by atoms with Crippen molar-refractivity contribution in [2.45, 2.75) is 17.7 Å². The number of thiophene rings is 1. The summed E-state index contributed by atoms with van der Waals surface area (Å²) >= 11 is 1.27. The van der Waals surface area contributed by atoms with Crippen molar-refractivity contribution in [2.24, 2.45) is 5.92 Å². The number of carbonyl (C=O) groups excluding carboxylic acids is 1. The third-order valence-corrected chi connectivity index (χ3v) is 7.18. The van der Waals surface area contributed by atoms with E-state index in [1.807, 2.05) is 6.07 Å². The van der Waals surface area contributed by atoms with Crippen LogP contribution in [0.15, 0.2) is 40.6 Å². The van der Waals surface area contributed by atoms with Gasteiger partial charge in [-0.1, -0.05) is 0 Å². The largest absolute Gasteiger partial charge is 0.497 e. The van der Waals surface area contributed by atoms with Crippen LogP contribution in [0, 0.1) is 17.2 Å². The molecule has 2 heterocycles. The van der Waals surface area contributed by atoms with Gasteiger partial charge in [-0.3, -0.25) is 4.79 Å². The lowest BCUT2D eigenvalue weighted by atomic mass is 9.99. The molecule has 1 saturated heterocycles. The number of anilines is 1. The second-order valence-corrected chi connectivity index (χ2v) is 9.00. The molecule has 3 rings (SSSR count). The normalized spacial score (nSPS) is 17.9. The molecule has 0 bridgehead atoms. The van der Waals surface area contributed by atoms with Crippen molar-refractivity contribution in [3.63, 3.8) is 0 Å². The van der Waals surface area contributed by atoms with Crippen LogP contribution >= 0.6 is 11.3 Å². The molecule has 7 nitrogen and oxygen atoms in total. The fourth-order valence-electron chi connectivity index (χ4n) is 2.98. The summed E-state index contributed by atoms with van der Waals surface area (Å²) in [6, 6.07) is 9.87. The summed E-state index contributed by atoms with van der Waals surface area (Å²) in [5, 5.41) is 14.0. The molecule has 0 saturated carbocycles. The number of carbonyl (C=O) groups is 1. The minimum absolute atomic E-state index is 0.119. The topological polar surface area (TPSA) is 99.5 Å². The molecule has 0 aliphatic carbocycles. The molecule has 1 aliphatic rings. The number of amides is 1. The highest BCUT2D eigenvalue weighted by molar-refractivity contribution is 7.89. The van der Waals surface area contributed by atoms with Crippen molar-refractivity contribution in [3.05, 3.63) is 41.3 Å². The van der Waals surface area contributed by atoms with E-state index in [-0.39, 0.29) is 17.3 Å². The Balaban J connectivity index is 1.73. The van der Waals surface area contributed by atoms with E-state index in [1.54, 1.807) is 23.6 Å². The van der Waals surface area contributed by atoms with Crippen molar-refractivity contribution in [2.75, 3.05) is 25.5 Å². The predicted molar refractivity (Wildman–Crippen MR) is 102 cm³/mol. The lowest BCUT2D eigenvalue weighted by Crippen LogP contribution is -2.43. The Bertz CT molecular complexity index is 961. The second-order valence-electron chi connectivity index (χ2n) is 6.14. The highest BCUT2D eigenvalue weighted by Gasteiger charge is 2.33. The van der Waals surface area contributed by atoms with Gasteiger partial charge in [0.2, 0.25) is 15.9 Å². The van der Waals surface area contributed by atoms with Gasteiger partial charge in [0, 0.05) is 13.1 Å². The summed E-state index contributed by atoms with van der Waals surface area (Å²) in [6.07, 6.45) is 1.21. The van der Waals surface area contributed by atoms with Gasteiger partial charge in [-0.25, -0.2) is 8.42 Å². The first-order valence-electron chi connectivity index (χ1n) is 8.38. The van der Waals surface area contributed by atoms with E-state index in [4.69, 9.17) is 10.00 Å². The molecule has 0 spiro atoms. The zero-order chi connectivity index (χ0) is 19.4. The van der Waals surface area contributed by atoms with Crippen LogP contribution < -0.4 is 10.1 Å². The molecule has 1 aromatic heterocycles. The molecule has 9 heteroatoms. The highest BCUT2D eigenvalue weighted by Crippen LogP contribution is 2.27. The van der Waals surface area contributed by atoms with E-state index in [1.165, 1.54) is 34.9 Å². The van der Waals surface area contributed by atoms with Gasteiger partial charge in [-0.05, 0) is 48.6 Å². The van der Waals surface area contributed by atoms with Crippen LogP contribution in [-0.4, -0.2) is 38.8 Å². The number of nitriles is 1. The Labute approximate surface area is 162 Å². The minimum Gasteiger partial charge on any atom is -0.497 e. The van der Waals surface area contributed by atoms with E-state index in [0.29, 0.717) is 35.7 Å². The number of sulfonamides is 1. The summed E-state index contributed by atoms with van der Waals surface area (Å²) in [7, 11) is -2.16. The number of hydrogen-bond donors (Lipinski definition) is 1. The van der Waals surface area contributed by atoms with Crippen LogP contribution in [0.3, 0.4) is 0 Å². The number of nitrogens with zero attached hydrogens (tertiary/aromatic N) is 2. The lowest BCUT2D eigenvalue weighted by Gasteiger charge is -2.31. The first-order valence-corrected chi connectivity index (χ1v) is 10.7. The number of piperidine rings is 1. The Morgan fingerprint density at radius 2 is 2.07 bits per heavy atom. The smallest absolute Gasteiger partial charge is 0.243 e. The average molecular weight is 406 g/mol. The van der Waals surface area contributed by atoms with E-state index >= 15 is 0 Å². The van der Waals surface area contributed by atoms with Crippen molar-refractivity contribution in [3.8, 4) is 11.8 Å². The predicted octanol–water partition coefficient (Wildman–Crippen LogP) is 2.67. The van der Waals surface area contributed by atoms with Crippen LogP contribution in [0.1, 0.15) is 18.4 Å². The molecule has 142 valence electrons. The molecule has 1 amide bonds. The summed E-state index contributed by atoms with van der Waals surface area (Å²) < 4.78 is 32.2. The highest BCUT2D eigenvalue weighted by atomic mass is 32.2. The molecule has 1 aliphatic heterocycles. The fourth-order valence-corrected chi connectivity index (χ4v) is 5.24. The molecular weight excluding hydrogens is 386 g/mol. The van der Waals surface area contributed by atoms with Crippen LogP contribution in [0.2, 0.25) is 0 Å². The monoisotopic (exact) mass is 405 g/mol. The van der Waals surface area contributed by atoms with E-state index in [0.717, 1.165) is 0 Å². The van der Waals surface area contributed by atoms with Gasteiger partial charge in [0.1, 0.15) is 16.8 Å². The van der Waals surface area contributed by atoms with Crippen LogP contribution in [0.4, 0.5) is 5.00 Å². The Morgan fingerprint density at radius 3 is 2.74 bits per heavy atom. The molecule has 1 N–H and O–H groups in total. The number of ether oxygens (including phenoxy) is 1. The van der Waals surface area contributed by atoms with Gasteiger partial charge in [-0.2, -0.15) is 9.57 Å². The van der Waals surface area contributed by atoms with E-state index in [2.05, 4.69) is 5.32 Å². The summed E-state index contributed by atoms with van der Waals surface area (Å²) in [5.74, 6) is -0.141. The van der Waals surface area contributed by atoms with Gasteiger partial charge >= 0.3 is 0 Å². The third kappa shape index (κ3) is 4.13. The summed E-state index contributed by atoms with van der Waals surface area (Å²) in [5.41, 5.74) is 0.409. The standard InChI is InChI=1S/C18H19N3O4S2/c1-25-15-4-6-16(7-5-15)27(23,24)21-9-2-3-14(12-21)17(22)20-18-13(11-19)8-10-26-18/h4-8,10,14H,2-3,9,12H2,1H3,(H,20,22). The minimum atomic E-state index is -3.68. The third-order valence-electron chi connectivity index (χ3n) is 4.47. The quantitative estimate of drug-likeness (QED) is 0.824. The number of nitrogens with one attached hydrogen (secondary N) is 1. The summed E-state index contributed by atoms with van der Waals surface area (Å²) in [4.78, 5) is 12.7. The van der Waals surface area contributed by atoms with Crippen molar-refractivity contribution >= 4 is 32.3 Å². The number of hydrogen-bond acceptors (Lipinski definition) is 6. The second kappa shape index (κ2) is 8.08. The lowest BCUT2D eigenvalue weighted by molar-refractivity contribution is -0.120. The van der Waals surface area contributed by atoms with Gasteiger partial charge in [0.05, 0.1) is 23.5 Å². The van der Waals surface area contributed by atoms with Gasteiger partial charge in [0.15, 0.2) is 0 Å². The first-order chi connectivity index (χ1) is 13.0. The number of methoxy groups -OCH3 is 1. The zero-order valence-corrected chi connectivity index (χ0v) is 16.3. The molecule has 27 heavy (non-hydrogen) atoms. The van der Waals surface area contributed by atoms with Crippen molar-refractivity contribution < 1.29 is 17.9 Å². The SMILES string of the molecule is COc1ccc(S(=O)(=O)N2CCCC(C(=O)Nc3sccc3C#N)C2)cc1. The Morgan fingerprint density at radius 1 is 1.33 bits per heavy atom. The maximum atomic E-state index is 12.9. The van der Waals surface area contributed by atoms with Crippen molar-refractivity contribution in [1.82, 2.24) is 4.31 Å². The molecule has 1 fully saturated rings. The maximum absolute atomic E-state index is 12.9. The Hall–Kier alpha value is -2.41. The Kier molecular flexibility index (Phi) is 5.79. The fraction of sp³-hybridized carbons (Fsp3) is 0.333. The average Bonchev–Trinajstić information content (AvgIpc) is 3.15. The molecule has 1 unspecified atom stereocenters. The molecule has 2 aromatic rings. The van der Waals surface area contributed by atoms with Crippen LogP contribution in [0.5, 0.6) is 5.75 Å². The van der Waals surface area contributed by atoms with Crippen molar-refractivity contribution in [1.29, 1.82) is 5.26 Å². The molecule has 0 radical (unpaired) electrons. The van der Waals surface area contributed by atoms with Crippen LogP contribution in [-0.2, 0) is 14.8 Å². The van der Waals surface area contributed by atoms with Gasteiger partial charge in [-0.15, -0.1) is 11.3 Å². The maximum Gasteiger partial charge on any atom is 0.243 e. The first kappa shape index (κ1) is 19.4. The summed E-state index contributed by atoms with van der Waals surface area (Å²) in [6.45, 7) is 0.494. The molecule has 1 atom stereocenters. The zero-order valence-electron chi connectivity index (χ0n) is 14.7. The van der Waals surface area contributed by atoms with E-state index < -0.39 is 15.9 Å². The molecular formula is C18H19N3O4S2. The number of rotatable bonds is 5. The van der Waals surface area contributed by atoms with Gasteiger partial charge < -0.3 is 10.1 Å². The molecule has 1 aromatic carbocycles.